The smallest absolute Gasteiger partial charge is 0.664 e. The Morgan fingerprint density at radius 2 is 1.57 bits per heavy atom. The first-order chi connectivity index (χ1) is 24.9. The van der Waals surface area contributed by atoms with Crippen LogP contribution >= 0.6 is 0 Å². The summed E-state index contributed by atoms with van der Waals surface area (Å²) in [5.41, 5.74) is 11.4. The van der Waals surface area contributed by atoms with Gasteiger partial charge in [-0.3, -0.25) is 14.4 Å². The number of ether oxygens (including phenoxy) is 2. The van der Waals surface area contributed by atoms with Crippen LogP contribution in [0, 0.1) is 38.5 Å². The average Bonchev–Trinajstić information content (AvgIpc) is 3.86. The number of allylic oxidation sites excluding steroid dienone is 3. The molecule has 0 amide bonds. The monoisotopic (exact) mass is 726 g/mol. The Bertz CT molecular complexity index is 2160. The van der Waals surface area contributed by atoms with Gasteiger partial charge in [0.25, 0.3) is 0 Å². The van der Waals surface area contributed by atoms with Gasteiger partial charge in [0.15, 0.2) is 5.78 Å². The zero-order valence-electron chi connectivity index (χ0n) is 32.7. The first-order valence-electron chi connectivity index (χ1n) is 18.7. The second-order valence-corrected chi connectivity index (χ2v) is 14.4. The summed E-state index contributed by atoms with van der Waals surface area (Å²) >= 11 is 0. The molecular weight excluding hydrogens is 677 g/mol. The third-order valence-electron chi connectivity index (χ3n) is 11.2. The summed E-state index contributed by atoms with van der Waals surface area (Å²) in [6.07, 6.45) is 13.4. The van der Waals surface area contributed by atoms with E-state index in [4.69, 9.17) is 29.7 Å². The topological polar surface area (TPSA) is 126 Å². The molecule has 5 heterocycles. The predicted octanol–water partition coefficient (Wildman–Crippen LogP) is 6.04. The van der Waals surface area contributed by atoms with Crippen molar-refractivity contribution in [1.29, 1.82) is 0 Å². The maximum absolute atomic E-state index is 14.2. The second kappa shape index (κ2) is 16.6. The van der Waals surface area contributed by atoms with Gasteiger partial charge in [0.1, 0.15) is 12.5 Å². The second-order valence-electron chi connectivity index (χ2n) is 14.4. The number of Topliss-reactive ketones (excluding diaryl/α,β-unsaturated/α-hetero) is 1. The average molecular weight is 727 g/mol. The first kappa shape index (κ1) is 40.2. The van der Waals surface area contributed by atoms with Crippen molar-refractivity contribution in [3.8, 4) is 0 Å². The van der Waals surface area contributed by atoms with Crippen LogP contribution < -0.4 is 25.7 Å². The molecule has 3 aromatic rings. The van der Waals surface area contributed by atoms with Crippen LogP contribution in [0.2, 0.25) is 0 Å². The van der Waals surface area contributed by atoms with Crippen LogP contribution in [-0.2, 0) is 31.9 Å². The van der Waals surface area contributed by atoms with E-state index in [0.29, 0.717) is 40.2 Å². The number of hydrogen-bond donors (Lipinski definition) is 0. The number of esters is 2. The Kier molecular flexibility index (Phi) is 12.5. The molecule has 2 aliphatic heterocycles. The van der Waals surface area contributed by atoms with Crippen molar-refractivity contribution < 1.29 is 23.9 Å². The summed E-state index contributed by atoms with van der Waals surface area (Å²) in [4.78, 5) is 56.0. The van der Waals surface area contributed by atoms with Crippen molar-refractivity contribution in [2.75, 3.05) is 13.7 Å². The first-order valence-corrected chi connectivity index (χ1v) is 18.7. The van der Waals surface area contributed by atoms with E-state index >= 15 is 0 Å². The van der Waals surface area contributed by atoms with Gasteiger partial charge in [-0.25, -0.2) is 0 Å². The summed E-state index contributed by atoms with van der Waals surface area (Å²) in [6, 6.07) is 0. The van der Waals surface area contributed by atoms with Crippen LogP contribution in [0.25, 0.3) is 29.1 Å². The van der Waals surface area contributed by atoms with Crippen LogP contribution in [0.15, 0.2) is 23.0 Å². The SMILES string of the molecule is CCCC/C(C)=C\COC(=O)CC[C@@H]1/C2=C3/c4[n-]c(c(C)c4C(=O)[C@@H]3C(=O)OC)/C=c3\[n-]/c(c(C)c3CC)=C\c3[n-]c(c(C)c3CC)/C=C(\[N-]2)[C@H]1C.[Mg+2]. The fraction of sp³-hybridized carbons (Fsp3) is 0.465. The molecule has 10 heteroatoms. The van der Waals surface area contributed by atoms with E-state index in [1.807, 2.05) is 25.2 Å². The number of ketones is 1. The van der Waals surface area contributed by atoms with Gasteiger partial charge in [-0.05, 0) is 77.7 Å². The van der Waals surface area contributed by atoms with E-state index in [0.717, 1.165) is 82.1 Å². The van der Waals surface area contributed by atoms with E-state index in [1.165, 1.54) is 12.7 Å². The Hall–Kier alpha value is -4.02. The third kappa shape index (κ3) is 7.41. The van der Waals surface area contributed by atoms with Crippen molar-refractivity contribution in [3.05, 3.63) is 95.2 Å². The molecule has 1 aliphatic carbocycles. The number of carbonyl (C=O) groups is 3. The van der Waals surface area contributed by atoms with E-state index in [1.54, 1.807) is 0 Å². The molecule has 0 saturated carbocycles. The zero-order chi connectivity index (χ0) is 37.4. The Balaban J connectivity index is 0.00000541. The van der Waals surface area contributed by atoms with Crippen molar-refractivity contribution in [1.82, 2.24) is 15.0 Å². The molecule has 0 N–H and O–H groups in total. The number of fused-ring (bicyclic) bond motifs is 7. The van der Waals surface area contributed by atoms with Gasteiger partial charge >= 0.3 is 35.0 Å². The minimum absolute atomic E-state index is 0. The molecule has 6 rings (SSSR count). The van der Waals surface area contributed by atoms with Crippen molar-refractivity contribution in [3.63, 3.8) is 0 Å². The summed E-state index contributed by atoms with van der Waals surface area (Å²) < 4.78 is 10.9. The third-order valence-corrected chi connectivity index (χ3v) is 11.2. The Morgan fingerprint density at radius 3 is 2.25 bits per heavy atom. The summed E-state index contributed by atoms with van der Waals surface area (Å²) in [6.45, 7) is 16.8. The molecule has 0 aromatic carbocycles. The Morgan fingerprint density at radius 1 is 0.868 bits per heavy atom. The minimum atomic E-state index is -1.20. The number of hydrogen-bond acceptors (Lipinski definition) is 5. The van der Waals surface area contributed by atoms with Gasteiger partial charge in [0.05, 0.1) is 7.11 Å². The maximum atomic E-state index is 14.2. The van der Waals surface area contributed by atoms with Crippen LogP contribution in [0.3, 0.4) is 0 Å². The molecule has 3 aromatic heterocycles. The van der Waals surface area contributed by atoms with Gasteiger partial charge in [-0.1, -0.05) is 91.3 Å². The number of aromatic nitrogens is 3. The molecule has 8 bridgehead atoms. The molecule has 3 atom stereocenters. The standard InChI is InChI=1S/C43H51N4O5.Mg/c1-10-13-14-22(4)17-18-52-36(48)16-15-29-25(7)32-19-30-23(5)27(11-2)34(44-30)20-31-24(6)28(12-3)35(45-31)21-33-26(8)37-41(47-33)38(40(29)46-32)39(42(37)49)43(50)51-9;/h17,19-21,25,29,39H,10-16,18H2,1-9H3,(H-,46,47,49);/q-3;+2/p-1/b22-17-,31-20-,32-19-,35-21-;/t25-,29-,39+;/m0./s1. The van der Waals surface area contributed by atoms with Crippen LogP contribution in [0.4, 0.5) is 0 Å². The quantitative estimate of drug-likeness (QED) is 0.101. The van der Waals surface area contributed by atoms with Gasteiger partial charge in [-0.2, -0.15) is 11.4 Å². The minimum Gasteiger partial charge on any atom is -0.664 e. The van der Waals surface area contributed by atoms with Gasteiger partial charge in [0, 0.05) is 12.0 Å². The normalized spacial score (nSPS) is 22.6. The number of rotatable bonds is 11. The van der Waals surface area contributed by atoms with E-state index in [-0.39, 0.29) is 59.7 Å². The fourth-order valence-electron chi connectivity index (χ4n) is 8.05. The van der Waals surface area contributed by atoms with Gasteiger partial charge < -0.3 is 29.7 Å². The van der Waals surface area contributed by atoms with Crippen molar-refractivity contribution >= 4 is 64.6 Å². The number of nitrogens with zero attached hydrogens (tertiary/aromatic N) is 4. The molecule has 3 aliphatic rings. The van der Waals surface area contributed by atoms with Gasteiger partial charge in [-0.15, -0.1) is 33.5 Å². The fourth-order valence-corrected chi connectivity index (χ4v) is 8.05. The molecule has 9 nitrogen and oxygen atoms in total. The molecule has 0 unspecified atom stereocenters. The summed E-state index contributed by atoms with van der Waals surface area (Å²) in [5, 5.41) is 6.88. The van der Waals surface area contributed by atoms with Crippen LogP contribution in [0.1, 0.15) is 128 Å². The maximum Gasteiger partial charge on any atom is 2.00 e. The van der Waals surface area contributed by atoms with Gasteiger partial charge in [0.2, 0.25) is 0 Å². The Labute approximate surface area is 329 Å². The predicted molar refractivity (Wildman–Crippen MR) is 209 cm³/mol. The van der Waals surface area contributed by atoms with Crippen LogP contribution in [-0.4, -0.2) is 54.5 Å². The van der Waals surface area contributed by atoms with E-state index in [2.05, 4.69) is 54.5 Å². The van der Waals surface area contributed by atoms with E-state index < -0.39 is 11.9 Å². The van der Waals surface area contributed by atoms with E-state index in [9.17, 15) is 14.4 Å². The zero-order valence-corrected chi connectivity index (χ0v) is 34.1. The molecular formula is C43H50MgN4O5-2. The molecule has 276 valence electrons. The number of carbonyl (C=O) groups excluding carboxylic acids is 3. The molecule has 1 saturated heterocycles. The van der Waals surface area contributed by atoms with Crippen LogP contribution in [0.5, 0.6) is 0 Å². The largest absolute Gasteiger partial charge is 2.00 e. The van der Waals surface area contributed by atoms with Crippen molar-refractivity contribution in [2.24, 2.45) is 17.8 Å². The summed E-state index contributed by atoms with van der Waals surface area (Å²) in [7, 11) is 1.29. The summed E-state index contributed by atoms with van der Waals surface area (Å²) in [5.74, 6) is -2.94. The molecule has 0 radical (unpaired) electrons. The molecule has 53 heavy (non-hydrogen) atoms. The number of methoxy groups -OCH3 is 1. The van der Waals surface area contributed by atoms with Crippen molar-refractivity contribution in [2.45, 2.75) is 100 Å². The molecule has 0 spiro atoms. The molecule has 1 fully saturated rings. The number of unbranched alkanes of at least 4 members (excludes halogenated alkanes) is 1.